The number of hydrogen-bond donors (Lipinski definition) is 0. The predicted molar refractivity (Wildman–Crippen MR) is 145 cm³/mol. The number of hydrogen-bond acceptors (Lipinski definition) is 8. The van der Waals surface area contributed by atoms with Gasteiger partial charge in [-0.1, -0.05) is 41.5 Å². The maximum atomic E-state index is 14.0. The third kappa shape index (κ3) is 8.37. The first-order chi connectivity index (χ1) is 16.5. The van der Waals surface area contributed by atoms with Crippen molar-refractivity contribution in [1.82, 2.24) is 0 Å². The van der Waals surface area contributed by atoms with Gasteiger partial charge in [0.1, 0.15) is 5.75 Å². The monoisotopic (exact) mass is 546 g/mol. The smallest absolute Gasteiger partial charge is 0.369 e. The summed E-state index contributed by atoms with van der Waals surface area (Å²) in [5.74, 6) is 0.0566. The van der Waals surface area contributed by atoms with Crippen molar-refractivity contribution in [1.29, 1.82) is 0 Å². The van der Waals surface area contributed by atoms with E-state index in [0.717, 1.165) is 11.1 Å². The lowest BCUT2D eigenvalue weighted by atomic mass is 9.78. The van der Waals surface area contributed by atoms with E-state index >= 15 is 0 Å². The van der Waals surface area contributed by atoms with Gasteiger partial charge < -0.3 is 22.8 Å². The first-order valence-electron chi connectivity index (χ1n) is 12.4. The minimum atomic E-state index is -4.06. The minimum Gasteiger partial charge on any atom is -0.426 e. The van der Waals surface area contributed by atoms with Crippen LogP contribution < -0.4 is 4.74 Å². The molecule has 0 aliphatic carbocycles. The molecular weight excluding hydrogens is 502 g/mol. The van der Waals surface area contributed by atoms with E-state index in [1.54, 1.807) is 27.7 Å². The Morgan fingerprint density at radius 3 is 1.33 bits per heavy atom. The Morgan fingerprint density at radius 1 is 0.750 bits per heavy atom. The summed E-state index contributed by atoms with van der Waals surface area (Å²) in [6.07, 6.45) is 1.51. The van der Waals surface area contributed by atoms with Gasteiger partial charge in [0.25, 0.3) is 0 Å². The van der Waals surface area contributed by atoms with Crippen molar-refractivity contribution in [2.75, 3.05) is 26.4 Å². The summed E-state index contributed by atoms with van der Waals surface area (Å²) in [5.41, 5.74) is 1.28. The van der Waals surface area contributed by atoms with Crippen molar-refractivity contribution in [3.05, 3.63) is 33.9 Å². The number of esters is 1. The van der Waals surface area contributed by atoms with Gasteiger partial charge in [0.2, 0.25) is 0 Å². The molecule has 0 unspecified atom stereocenters. The van der Waals surface area contributed by atoms with E-state index in [-0.39, 0.29) is 31.5 Å². The standard InChI is InChI=1S/C26H44O8P2/c1-12-30-35(28,31-13-2)23(36(29,32-14-3)33-15-4)18-20-16-21(25(6,7)8)24(34-19(5)27)22(17-20)26(9,10)11/h16-18H,12-15H2,1-11H3. The number of carbonyl (C=O) groups is 1. The lowest BCUT2D eigenvalue weighted by Crippen LogP contribution is -2.21. The van der Waals surface area contributed by atoms with Crippen molar-refractivity contribution in [2.45, 2.75) is 87.0 Å². The topological polar surface area (TPSA) is 97.4 Å². The Morgan fingerprint density at radius 2 is 1.08 bits per heavy atom. The van der Waals surface area contributed by atoms with Gasteiger partial charge in [0.05, 0.1) is 26.4 Å². The Hall–Kier alpha value is -1.27. The molecule has 0 radical (unpaired) electrons. The molecule has 0 amide bonds. The molecule has 10 heteroatoms. The van der Waals surface area contributed by atoms with E-state index in [2.05, 4.69) is 0 Å². The number of benzene rings is 1. The van der Waals surface area contributed by atoms with Crippen LogP contribution in [0.2, 0.25) is 0 Å². The Bertz CT molecular complexity index is 944. The van der Waals surface area contributed by atoms with E-state index in [4.69, 9.17) is 22.8 Å². The normalized spacial score (nSPS) is 13.0. The highest BCUT2D eigenvalue weighted by Gasteiger charge is 2.45. The van der Waals surface area contributed by atoms with E-state index in [9.17, 15) is 13.9 Å². The molecule has 0 heterocycles. The molecule has 8 nitrogen and oxygen atoms in total. The highest BCUT2D eigenvalue weighted by molar-refractivity contribution is 7.79. The first-order valence-corrected chi connectivity index (χ1v) is 15.5. The van der Waals surface area contributed by atoms with Crippen LogP contribution in [0.1, 0.15) is 92.9 Å². The Labute approximate surface area is 217 Å². The second-order valence-electron chi connectivity index (χ2n) is 10.2. The molecule has 0 aliphatic rings. The molecule has 206 valence electrons. The minimum absolute atomic E-state index is 0.0682. The van der Waals surface area contributed by atoms with Gasteiger partial charge >= 0.3 is 21.2 Å². The fourth-order valence-corrected chi connectivity index (χ4v) is 8.12. The zero-order chi connectivity index (χ0) is 27.9. The molecule has 1 aromatic rings. The summed E-state index contributed by atoms with van der Waals surface area (Å²) in [5, 5.41) is -0.164. The zero-order valence-electron chi connectivity index (χ0n) is 23.7. The number of rotatable bonds is 12. The summed E-state index contributed by atoms with van der Waals surface area (Å²) >= 11 is 0. The summed E-state index contributed by atoms with van der Waals surface area (Å²) in [7, 11) is -8.12. The van der Waals surface area contributed by atoms with Crippen LogP contribution in [0.4, 0.5) is 0 Å². The summed E-state index contributed by atoms with van der Waals surface area (Å²) in [6.45, 7) is 20.4. The molecule has 0 saturated heterocycles. The highest BCUT2D eigenvalue weighted by atomic mass is 31.2. The van der Waals surface area contributed by atoms with E-state index in [0.29, 0.717) is 11.3 Å². The van der Waals surface area contributed by atoms with Crippen LogP contribution in [0, 0.1) is 0 Å². The maximum Gasteiger partial charge on any atom is 0.369 e. The van der Waals surface area contributed by atoms with Crippen LogP contribution in [-0.2, 0) is 42.8 Å². The van der Waals surface area contributed by atoms with Crippen molar-refractivity contribution in [3.63, 3.8) is 0 Å². The van der Waals surface area contributed by atoms with Gasteiger partial charge in [-0.25, -0.2) is 0 Å². The molecule has 0 N–H and O–H groups in total. The molecule has 1 rings (SSSR count). The van der Waals surface area contributed by atoms with Crippen molar-refractivity contribution < 1.29 is 36.8 Å². The second-order valence-corrected chi connectivity index (χ2v) is 14.5. The first kappa shape index (κ1) is 32.8. The van der Waals surface area contributed by atoms with E-state index < -0.39 is 32.0 Å². The SMILES string of the molecule is CCOP(=O)(OCC)C(=Cc1cc(C(C)(C)C)c(OC(C)=O)c(C(C)(C)C)c1)P(=O)(OCC)OCC. The van der Waals surface area contributed by atoms with Gasteiger partial charge in [-0.05, 0) is 62.3 Å². The fraction of sp³-hybridized carbons (Fsp3) is 0.654. The van der Waals surface area contributed by atoms with E-state index in [1.165, 1.54) is 13.0 Å². The molecule has 0 atom stereocenters. The maximum absolute atomic E-state index is 14.0. The van der Waals surface area contributed by atoms with Crippen LogP contribution in [0.5, 0.6) is 5.75 Å². The van der Waals surface area contributed by atoms with Crippen molar-refractivity contribution in [2.24, 2.45) is 0 Å². The molecule has 0 spiro atoms. The Balaban J connectivity index is 4.20. The van der Waals surface area contributed by atoms with Gasteiger partial charge in [0, 0.05) is 18.1 Å². The molecule has 0 fully saturated rings. The number of ether oxygens (including phenoxy) is 1. The molecule has 1 aromatic carbocycles. The second kappa shape index (κ2) is 13.0. The van der Waals surface area contributed by atoms with Gasteiger partial charge in [-0.2, -0.15) is 0 Å². The molecule has 0 saturated carbocycles. The average Bonchev–Trinajstić information content (AvgIpc) is 2.71. The van der Waals surface area contributed by atoms with Crippen LogP contribution in [-0.4, -0.2) is 32.4 Å². The van der Waals surface area contributed by atoms with Crippen LogP contribution in [0.25, 0.3) is 6.08 Å². The van der Waals surface area contributed by atoms with Crippen LogP contribution in [0.3, 0.4) is 0 Å². The Kier molecular flexibility index (Phi) is 11.8. The molecule has 0 aromatic heterocycles. The highest BCUT2D eigenvalue weighted by Crippen LogP contribution is 2.74. The zero-order valence-corrected chi connectivity index (χ0v) is 25.5. The van der Waals surface area contributed by atoms with Crippen LogP contribution >= 0.6 is 15.2 Å². The van der Waals surface area contributed by atoms with Gasteiger partial charge in [-0.15, -0.1) is 0 Å². The third-order valence-electron chi connectivity index (χ3n) is 5.03. The molecule has 0 bridgehead atoms. The van der Waals surface area contributed by atoms with Gasteiger partial charge in [0.15, 0.2) is 5.06 Å². The summed E-state index contributed by atoms with van der Waals surface area (Å²) in [4.78, 5) is 12.0. The van der Waals surface area contributed by atoms with Crippen molar-refractivity contribution >= 4 is 27.2 Å². The van der Waals surface area contributed by atoms with Crippen LogP contribution in [0.15, 0.2) is 17.2 Å². The van der Waals surface area contributed by atoms with E-state index in [1.807, 2.05) is 53.7 Å². The lowest BCUT2D eigenvalue weighted by molar-refractivity contribution is -0.132. The molecular formula is C26H44O8P2. The fourth-order valence-electron chi connectivity index (χ4n) is 3.58. The average molecular weight is 547 g/mol. The summed E-state index contributed by atoms with van der Waals surface area (Å²) in [6, 6.07) is 3.66. The van der Waals surface area contributed by atoms with Crippen molar-refractivity contribution in [3.8, 4) is 5.75 Å². The largest absolute Gasteiger partial charge is 0.426 e. The predicted octanol–water partition coefficient (Wildman–Crippen LogP) is 8.04. The third-order valence-corrected chi connectivity index (χ3v) is 10.3. The summed E-state index contributed by atoms with van der Waals surface area (Å²) < 4.78 is 56.0. The number of carbonyl (C=O) groups excluding carboxylic acids is 1. The quantitative estimate of drug-likeness (QED) is 0.148. The lowest BCUT2D eigenvalue weighted by Gasteiger charge is -2.30. The molecule has 36 heavy (non-hydrogen) atoms. The van der Waals surface area contributed by atoms with Gasteiger partial charge in [-0.3, -0.25) is 13.9 Å². The molecule has 0 aliphatic heterocycles.